The second-order valence-corrected chi connectivity index (χ2v) is 8.05. The first-order chi connectivity index (χ1) is 13.2. The number of rotatable bonds is 6. The number of hydrogen-bond donors (Lipinski definition) is 1. The summed E-state index contributed by atoms with van der Waals surface area (Å²) in [7, 11) is 0. The highest BCUT2D eigenvalue weighted by Gasteiger charge is 2.34. The standard InChI is InChI=1S/C19H28N4O5/c1-13-10-21(11-14(2)28-13)19(3,4)12-20-16-6-5-15(23(25)26)9-17(16)22-7-8-27-18(22)24/h5-6,9,13-14,20H,7-8,10-12H2,1-4H3/t13-,14-/m1/s1. The Hall–Kier alpha value is -2.39. The van der Waals surface area contributed by atoms with Gasteiger partial charge in [-0.15, -0.1) is 0 Å². The zero-order valence-electron chi connectivity index (χ0n) is 16.8. The van der Waals surface area contributed by atoms with E-state index in [1.165, 1.54) is 17.0 Å². The minimum Gasteiger partial charge on any atom is -0.447 e. The predicted octanol–water partition coefficient (Wildman–Crippen LogP) is 2.85. The van der Waals surface area contributed by atoms with Gasteiger partial charge in [-0.3, -0.25) is 19.9 Å². The molecule has 1 N–H and O–H groups in total. The van der Waals surface area contributed by atoms with Crippen LogP contribution in [0.3, 0.4) is 0 Å². The molecule has 0 aliphatic carbocycles. The summed E-state index contributed by atoms with van der Waals surface area (Å²) < 4.78 is 10.8. The van der Waals surface area contributed by atoms with Gasteiger partial charge in [-0.1, -0.05) is 0 Å². The number of nitrogens with zero attached hydrogens (tertiary/aromatic N) is 3. The minimum absolute atomic E-state index is 0.0599. The van der Waals surface area contributed by atoms with E-state index in [4.69, 9.17) is 9.47 Å². The molecule has 9 heteroatoms. The van der Waals surface area contributed by atoms with Crippen molar-refractivity contribution in [1.29, 1.82) is 0 Å². The Morgan fingerprint density at radius 3 is 2.54 bits per heavy atom. The van der Waals surface area contributed by atoms with E-state index >= 15 is 0 Å². The maximum absolute atomic E-state index is 12.0. The van der Waals surface area contributed by atoms with Crippen molar-refractivity contribution in [3.05, 3.63) is 28.3 Å². The maximum Gasteiger partial charge on any atom is 0.414 e. The first-order valence-corrected chi connectivity index (χ1v) is 9.54. The van der Waals surface area contributed by atoms with E-state index < -0.39 is 11.0 Å². The zero-order chi connectivity index (χ0) is 20.5. The Balaban J connectivity index is 1.79. The van der Waals surface area contributed by atoms with E-state index in [1.54, 1.807) is 6.07 Å². The van der Waals surface area contributed by atoms with Crippen LogP contribution in [-0.4, -0.2) is 66.4 Å². The number of nitro groups is 1. The van der Waals surface area contributed by atoms with E-state index in [1.807, 2.05) is 0 Å². The first-order valence-electron chi connectivity index (χ1n) is 9.54. The van der Waals surface area contributed by atoms with Crippen molar-refractivity contribution >= 4 is 23.2 Å². The van der Waals surface area contributed by atoms with Gasteiger partial charge in [0, 0.05) is 37.3 Å². The number of anilines is 2. The van der Waals surface area contributed by atoms with E-state index in [0.717, 1.165) is 13.1 Å². The predicted molar refractivity (Wildman–Crippen MR) is 106 cm³/mol. The second-order valence-electron chi connectivity index (χ2n) is 8.05. The van der Waals surface area contributed by atoms with Crippen LogP contribution in [0.2, 0.25) is 0 Å². The molecule has 0 radical (unpaired) electrons. The quantitative estimate of drug-likeness (QED) is 0.587. The Morgan fingerprint density at radius 1 is 1.29 bits per heavy atom. The van der Waals surface area contributed by atoms with Crippen LogP contribution < -0.4 is 10.2 Å². The highest BCUT2D eigenvalue weighted by molar-refractivity contribution is 5.94. The molecule has 28 heavy (non-hydrogen) atoms. The number of benzene rings is 1. The molecule has 0 unspecified atom stereocenters. The lowest BCUT2D eigenvalue weighted by Gasteiger charge is -2.45. The lowest BCUT2D eigenvalue weighted by atomic mass is 9.99. The molecule has 2 aliphatic rings. The van der Waals surface area contributed by atoms with Crippen molar-refractivity contribution in [1.82, 2.24) is 4.90 Å². The fourth-order valence-corrected chi connectivity index (χ4v) is 3.71. The highest BCUT2D eigenvalue weighted by atomic mass is 16.6. The highest BCUT2D eigenvalue weighted by Crippen LogP contribution is 2.33. The molecule has 2 fully saturated rings. The molecule has 2 saturated heterocycles. The summed E-state index contributed by atoms with van der Waals surface area (Å²) in [6.45, 7) is 11.4. The Labute approximate surface area is 164 Å². The third kappa shape index (κ3) is 4.36. The first kappa shape index (κ1) is 20.3. The zero-order valence-corrected chi connectivity index (χ0v) is 16.8. The van der Waals surface area contributed by atoms with Crippen LogP contribution in [0.5, 0.6) is 0 Å². The average molecular weight is 392 g/mol. The number of nitrogens with one attached hydrogen (secondary N) is 1. The average Bonchev–Trinajstić information content (AvgIpc) is 3.05. The molecular formula is C19H28N4O5. The summed E-state index contributed by atoms with van der Waals surface area (Å²) in [5.74, 6) is 0. The second kappa shape index (κ2) is 7.92. The van der Waals surface area contributed by atoms with Gasteiger partial charge in [-0.2, -0.15) is 0 Å². The van der Waals surface area contributed by atoms with Crippen LogP contribution in [0.15, 0.2) is 18.2 Å². The van der Waals surface area contributed by atoms with Crippen LogP contribution in [0.4, 0.5) is 21.9 Å². The fraction of sp³-hybridized carbons (Fsp3) is 0.632. The molecule has 3 rings (SSSR count). The van der Waals surface area contributed by atoms with Crippen molar-refractivity contribution < 1.29 is 19.2 Å². The molecule has 1 aromatic rings. The Morgan fingerprint density at radius 2 is 1.96 bits per heavy atom. The summed E-state index contributed by atoms with van der Waals surface area (Å²) in [6.07, 6.45) is -0.159. The largest absolute Gasteiger partial charge is 0.447 e. The molecule has 1 aromatic carbocycles. The van der Waals surface area contributed by atoms with E-state index in [9.17, 15) is 14.9 Å². The Kier molecular flexibility index (Phi) is 5.76. The van der Waals surface area contributed by atoms with Crippen LogP contribution in [0.25, 0.3) is 0 Å². The lowest BCUT2D eigenvalue weighted by Crippen LogP contribution is -2.57. The summed E-state index contributed by atoms with van der Waals surface area (Å²) in [4.78, 5) is 26.5. The smallest absolute Gasteiger partial charge is 0.414 e. The third-order valence-corrected chi connectivity index (χ3v) is 5.23. The SMILES string of the molecule is C[C@@H]1CN(C(C)(C)CNc2ccc([N+](=O)[O-])cc2N2CCOC2=O)C[C@@H](C)O1. The molecule has 0 saturated carbocycles. The summed E-state index contributed by atoms with van der Waals surface area (Å²) in [6, 6.07) is 4.51. The summed E-state index contributed by atoms with van der Waals surface area (Å²) in [5, 5.41) is 14.6. The number of carbonyl (C=O) groups is 1. The van der Waals surface area contributed by atoms with Crippen LogP contribution in [0.1, 0.15) is 27.7 Å². The van der Waals surface area contributed by atoms with E-state index in [2.05, 4.69) is 37.9 Å². The molecule has 0 aromatic heterocycles. The number of morpholine rings is 1. The number of amides is 1. The number of carbonyl (C=O) groups excluding carboxylic acids is 1. The van der Waals surface area contributed by atoms with Gasteiger partial charge < -0.3 is 14.8 Å². The molecule has 0 bridgehead atoms. The van der Waals surface area contributed by atoms with Crippen molar-refractivity contribution in [2.24, 2.45) is 0 Å². The molecule has 2 aliphatic heterocycles. The summed E-state index contributed by atoms with van der Waals surface area (Å²) >= 11 is 0. The number of non-ortho nitro benzene ring substituents is 1. The Bertz CT molecular complexity index is 744. The van der Waals surface area contributed by atoms with Crippen LogP contribution >= 0.6 is 0 Å². The number of nitro benzene ring substituents is 1. The number of hydrogen-bond acceptors (Lipinski definition) is 7. The van der Waals surface area contributed by atoms with Gasteiger partial charge in [0.2, 0.25) is 0 Å². The van der Waals surface area contributed by atoms with Crippen LogP contribution in [0, 0.1) is 10.1 Å². The van der Waals surface area contributed by atoms with Gasteiger partial charge in [0.25, 0.3) is 5.69 Å². The lowest BCUT2D eigenvalue weighted by molar-refractivity contribution is -0.384. The van der Waals surface area contributed by atoms with Gasteiger partial charge in [0.05, 0.1) is 35.1 Å². The summed E-state index contributed by atoms with van der Waals surface area (Å²) in [5.41, 5.74) is 0.912. The molecule has 9 nitrogen and oxygen atoms in total. The monoisotopic (exact) mass is 392 g/mol. The van der Waals surface area contributed by atoms with Crippen molar-refractivity contribution in [3.8, 4) is 0 Å². The van der Waals surface area contributed by atoms with Crippen LogP contribution in [-0.2, 0) is 9.47 Å². The molecule has 2 atom stereocenters. The minimum atomic E-state index is -0.487. The molecule has 1 amide bonds. The van der Waals surface area contributed by atoms with Crippen molar-refractivity contribution in [2.45, 2.75) is 45.4 Å². The van der Waals surface area contributed by atoms with Crippen molar-refractivity contribution in [3.63, 3.8) is 0 Å². The fourth-order valence-electron chi connectivity index (χ4n) is 3.71. The van der Waals surface area contributed by atoms with Crippen molar-refractivity contribution in [2.75, 3.05) is 43.0 Å². The van der Waals surface area contributed by atoms with E-state index in [-0.39, 0.29) is 30.0 Å². The van der Waals surface area contributed by atoms with E-state index in [0.29, 0.717) is 24.5 Å². The van der Waals surface area contributed by atoms with Gasteiger partial charge in [-0.05, 0) is 33.8 Å². The van der Waals surface area contributed by atoms with Gasteiger partial charge >= 0.3 is 6.09 Å². The molecule has 154 valence electrons. The van der Waals surface area contributed by atoms with Gasteiger partial charge in [-0.25, -0.2) is 4.79 Å². The normalized spacial score (nSPS) is 23.6. The maximum atomic E-state index is 12.0. The number of ether oxygens (including phenoxy) is 2. The third-order valence-electron chi connectivity index (χ3n) is 5.23. The van der Waals surface area contributed by atoms with Gasteiger partial charge in [0.1, 0.15) is 6.61 Å². The number of cyclic esters (lactones) is 1. The molecule has 0 spiro atoms. The topological polar surface area (TPSA) is 97.2 Å². The molecule has 2 heterocycles. The molecular weight excluding hydrogens is 364 g/mol. The van der Waals surface area contributed by atoms with Gasteiger partial charge in [0.15, 0.2) is 0 Å².